The Morgan fingerprint density at radius 3 is 2.50 bits per heavy atom. The first-order valence-corrected chi connectivity index (χ1v) is 6.76. The molecule has 5 unspecified atom stereocenters. The van der Waals surface area contributed by atoms with Crippen molar-refractivity contribution in [1.29, 1.82) is 0 Å². The van der Waals surface area contributed by atoms with Crippen LogP contribution in [0.15, 0.2) is 0 Å². The van der Waals surface area contributed by atoms with E-state index in [1.54, 1.807) is 0 Å². The van der Waals surface area contributed by atoms with E-state index in [4.69, 9.17) is 4.74 Å². The first kappa shape index (κ1) is 12.1. The van der Waals surface area contributed by atoms with Crippen LogP contribution in [0.4, 0.5) is 0 Å². The summed E-state index contributed by atoms with van der Waals surface area (Å²) in [5.74, 6) is 2.09. The van der Waals surface area contributed by atoms with Crippen LogP contribution in [0.1, 0.15) is 46.5 Å². The number of hydrogen-bond acceptors (Lipinski definition) is 2. The van der Waals surface area contributed by atoms with E-state index < -0.39 is 0 Å². The summed E-state index contributed by atoms with van der Waals surface area (Å²) in [5.41, 5.74) is 0.0731. The molecule has 2 heteroatoms. The first-order valence-electron chi connectivity index (χ1n) is 6.76. The molecule has 5 atom stereocenters. The van der Waals surface area contributed by atoms with Crippen molar-refractivity contribution in [1.82, 2.24) is 0 Å². The van der Waals surface area contributed by atoms with E-state index in [2.05, 4.69) is 20.8 Å². The molecule has 2 nitrogen and oxygen atoms in total. The predicted molar refractivity (Wildman–Crippen MR) is 64.2 cm³/mol. The van der Waals surface area contributed by atoms with Gasteiger partial charge in [0.1, 0.15) is 6.29 Å². The van der Waals surface area contributed by atoms with Gasteiger partial charge in [-0.3, -0.25) is 0 Å². The molecule has 1 aliphatic heterocycles. The zero-order chi connectivity index (χ0) is 11.8. The van der Waals surface area contributed by atoms with Crippen LogP contribution in [0, 0.1) is 23.7 Å². The van der Waals surface area contributed by atoms with Gasteiger partial charge in [0.25, 0.3) is 0 Å². The van der Waals surface area contributed by atoms with Gasteiger partial charge in [-0.2, -0.15) is 0 Å². The molecule has 1 saturated heterocycles. The summed E-state index contributed by atoms with van der Waals surface area (Å²) in [6, 6.07) is 0. The zero-order valence-electron chi connectivity index (χ0n) is 10.7. The summed E-state index contributed by atoms with van der Waals surface area (Å²) in [7, 11) is 0. The van der Waals surface area contributed by atoms with Crippen molar-refractivity contribution in [3.05, 3.63) is 0 Å². The molecule has 0 aromatic rings. The summed E-state index contributed by atoms with van der Waals surface area (Å²) in [5, 5.41) is 0. The normalized spacial score (nSPS) is 47.7. The summed E-state index contributed by atoms with van der Waals surface area (Å²) in [6.45, 7) is 7.66. The predicted octanol–water partition coefficient (Wildman–Crippen LogP) is 3.05. The maximum atomic E-state index is 11.3. The van der Waals surface area contributed by atoms with E-state index in [0.29, 0.717) is 17.8 Å². The molecule has 92 valence electrons. The quantitative estimate of drug-likeness (QED) is 0.544. The minimum absolute atomic E-state index is 0.0731. The maximum Gasteiger partial charge on any atom is 0.123 e. The van der Waals surface area contributed by atoms with Crippen LogP contribution >= 0.6 is 0 Å². The van der Waals surface area contributed by atoms with E-state index in [1.807, 2.05) is 0 Å². The van der Waals surface area contributed by atoms with Gasteiger partial charge in [0.05, 0.1) is 12.2 Å². The topological polar surface area (TPSA) is 29.6 Å². The molecule has 0 aromatic heterocycles. The molecule has 0 N–H and O–H groups in total. The van der Waals surface area contributed by atoms with Crippen LogP contribution in [-0.2, 0) is 9.53 Å². The van der Waals surface area contributed by atoms with Crippen molar-refractivity contribution in [2.24, 2.45) is 23.7 Å². The Balaban J connectivity index is 2.21. The third-order valence-electron chi connectivity index (χ3n) is 4.89. The Labute approximate surface area is 98.7 Å². The lowest BCUT2D eigenvalue weighted by Gasteiger charge is -2.25. The average molecular weight is 224 g/mol. The Morgan fingerprint density at radius 2 is 2.06 bits per heavy atom. The highest BCUT2D eigenvalue weighted by Crippen LogP contribution is 2.51. The van der Waals surface area contributed by atoms with Gasteiger partial charge in [0.2, 0.25) is 0 Å². The Morgan fingerprint density at radius 1 is 1.38 bits per heavy atom. The van der Waals surface area contributed by atoms with Crippen LogP contribution in [0.3, 0.4) is 0 Å². The number of carbonyl (C=O) groups is 1. The Hall–Kier alpha value is -0.370. The fourth-order valence-electron chi connectivity index (χ4n) is 3.82. The highest BCUT2D eigenvalue weighted by molar-refractivity contribution is 5.55. The van der Waals surface area contributed by atoms with Crippen molar-refractivity contribution in [3.63, 3.8) is 0 Å². The van der Waals surface area contributed by atoms with Crippen LogP contribution < -0.4 is 0 Å². The molecule has 0 bridgehead atoms. The van der Waals surface area contributed by atoms with E-state index in [-0.39, 0.29) is 11.5 Å². The summed E-state index contributed by atoms with van der Waals surface area (Å²) >= 11 is 0. The van der Waals surface area contributed by atoms with Crippen LogP contribution in [0.2, 0.25) is 0 Å². The Bertz CT molecular complexity index is 257. The molecule has 2 aliphatic rings. The molecular formula is C14H24O2. The van der Waals surface area contributed by atoms with Gasteiger partial charge < -0.3 is 9.53 Å². The van der Waals surface area contributed by atoms with Gasteiger partial charge in [-0.25, -0.2) is 0 Å². The molecule has 16 heavy (non-hydrogen) atoms. The summed E-state index contributed by atoms with van der Waals surface area (Å²) in [4.78, 5) is 11.3. The van der Waals surface area contributed by atoms with Crippen LogP contribution in [0.25, 0.3) is 0 Å². The molecule has 2 fully saturated rings. The number of aldehydes is 1. The second-order valence-corrected chi connectivity index (χ2v) is 5.75. The van der Waals surface area contributed by atoms with E-state index >= 15 is 0 Å². The van der Waals surface area contributed by atoms with Gasteiger partial charge >= 0.3 is 0 Å². The lowest BCUT2D eigenvalue weighted by molar-refractivity contribution is -0.113. The molecule has 0 aromatic carbocycles. The van der Waals surface area contributed by atoms with E-state index in [0.717, 1.165) is 25.9 Å². The largest absolute Gasteiger partial charge is 0.369 e. The monoisotopic (exact) mass is 224 g/mol. The molecule has 1 aliphatic carbocycles. The van der Waals surface area contributed by atoms with Gasteiger partial charge in [0, 0.05) is 5.92 Å². The van der Waals surface area contributed by atoms with Gasteiger partial charge in [-0.15, -0.1) is 0 Å². The number of epoxide rings is 1. The smallest absolute Gasteiger partial charge is 0.123 e. The summed E-state index contributed by atoms with van der Waals surface area (Å²) < 4.78 is 5.76. The average Bonchev–Trinajstić information content (AvgIpc) is 3.05. The van der Waals surface area contributed by atoms with Crippen LogP contribution in [-0.4, -0.2) is 18.5 Å². The van der Waals surface area contributed by atoms with Gasteiger partial charge in [0.15, 0.2) is 0 Å². The van der Waals surface area contributed by atoms with Gasteiger partial charge in [-0.1, -0.05) is 27.2 Å². The van der Waals surface area contributed by atoms with Crippen molar-refractivity contribution in [2.75, 3.05) is 6.61 Å². The third kappa shape index (κ3) is 1.92. The molecule has 2 rings (SSSR count). The first-order chi connectivity index (χ1) is 7.66. The number of ether oxygens (including phenoxy) is 1. The van der Waals surface area contributed by atoms with Crippen molar-refractivity contribution in [3.8, 4) is 0 Å². The van der Waals surface area contributed by atoms with E-state index in [1.165, 1.54) is 12.7 Å². The van der Waals surface area contributed by atoms with Crippen LogP contribution in [0.5, 0.6) is 0 Å². The maximum absolute atomic E-state index is 11.3. The lowest BCUT2D eigenvalue weighted by Crippen LogP contribution is -2.30. The summed E-state index contributed by atoms with van der Waals surface area (Å²) in [6.07, 6.45) is 5.70. The van der Waals surface area contributed by atoms with E-state index in [9.17, 15) is 4.79 Å². The molecule has 0 amide bonds. The molecular weight excluding hydrogens is 200 g/mol. The molecule has 1 spiro atoms. The molecule has 0 radical (unpaired) electrons. The lowest BCUT2D eigenvalue weighted by atomic mass is 9.79. The minimum Gasteiger partial charge on any atom is -0.369 e. The standard InChI is InChI=1S/C14H24O2/c1-4-11-6-12(8-15)13(5-2)14(9-16-14)7-10(11)3/h8,10-13H,4-7,9H2,1-3H3. The van der Waals surface area contributed by atoms with Crippen molar-refractivity contribution in [2.45, 2.75) is 52.1 Å². The highest BCUT2D eigenvalue weighted by Gasteiger charge is 2.56. The number of hydrogen-bond donors (Lipinski definition) is 0. The number of rotatable bonds is 3. The fourth-order valence-corrected chi connectivity index (χ4v) is 3.82. The third-order valence-corrected chi connectivity index (χ3v) is 4.89. The zero-order valence-corrected chi connectivity index (χ0v) is 10.7. The second kappa shape index (κ2) is 4.48. The fraction of sp³-hybridized carbons (Fsp3) is 0.929. The molecule has 1 heterocycles. The van der Waals surface area contributed by atoms with Crippen molar-refractivity contribution >= 4 is 6.29 Å². The second-order valence-electron chi connectivity index (χ2n) is 5.75. The van der Waals surface area contributed by atoms with Gasteiger partial charge in [-0.05, 0) is 37.0 Å². The van der Waals surface area contributed by atoms with Crippen molar-refractivity contribution < 1.29 is 9.53 Å². The highest BCUT2D eigenvalue weighted by atomic mass is 16.6. The minimum atomic E-state index is 0.0731. The Kier molecular flexibility index (Phi) is 3.39. The number of carbonyl (C=O) groups excluding carboxylic acids is 1. The SMILES string of the molecule is CCC1CC(C=O)C(CC)C2(CO2)CC1C. The molecule has 1 saturated carbocycles.